The van der Waals surface area contributed by atoms with Gasteiger partial charge in [-0.05, 0) is 59.0 Å². The van der Waals surface area contributed by atoms with Crippen molar-refractivity contribution in [2.24, 2.45) is 0 Å². The monoisotopic (exact) mass is 494 g/mol. The molecule has 98 valence electrons. The number of rotatable bonds is 3. The Morgan fingerprint density at radius 3 is 2.53 bits per heavy atom. The number of halogens is 3. The molecule has 0 aromatic heterocycles. The summed E-state index contributed by atoms with van der Waals surface area (Å²) in [6, 6.07) is 11.1. The Labute approximate surface area is 141 Å². The largest absolute Gasteiger partial charge is 0.496 e. The van der Waals surface area contributed by atoms with Crippen molar-refractivity contribution < 1.29 is 9.53 Å². The minimum atomic E-state index is -0.0662. The number of carbonyl (C=O) groups is 1. The highest BCUT2D eigenvalue weighted by Gasteiger charge is 2.17. The highest BCUT2D eigenvalue weighted by Crippen LogP contribution is 2.28. The van der Waals surface area contributed by atoms with Gasteiger partial charge in [-0.3, -0.25) is 4.79 Å². The van der Waals surface area contributed by atoms with Gasteiger partial charge < -0.3 is 4.74 Å². The number of hydrogen-bond acceptors (Lipinski definition) is 2. The van der Waals surface area contributed by atoms with Crippen LogP contribution in [0.25, 0.3) is 0 Å². The lowest BCUT2D eigenvalue weighted by molar-refractivity contribution is 0.103. The van der Waals surface area contributed by atoms with Crippen molar-refractivity contribution in [3.05, 3.63) is 60.0 Å². The Hall–Kier alpha value is -0.400. The Bertz CT molecular complexity index is 641. The summed E-state index contributed by atoms with van der Waals surface area (Å²) >= 11 is 8.97. The van der Waals surface area contributed by atoms with Crippen LogP contribution in [0, 0.1) is 3.57 Å². The van der Waals surface area contributed by atoms with Crippen molar-refractivity contribution in [2.75, 3.05) is 7.11 Å². The van der Waals surface area contributed by atoms with E-state index in [9.17, 15) is 4.79 Å². The van der Waals surface area contributed by atoms with E-state index in [1.165, 1.54) is 0 Å². The van der Waals surface area contributed by atoms with Crippen LogP contribution in [0.5, 0.6) is 5.75 Å². The van der Waals surface area contributed by atoms with Gasteiger partial charge in [0.25, 0.3) is 0 Å². The molecule has 19 heavy (non-hydrogen) atoms. The second-order valence-corrected chi connectivity index (χ2v) is 6.81. The fourth-order valence-corrected chi connectivity index (χ4v) is 2.95. The average Bonchev–Trinajstić information content (AvgIpc) is 2.40. The third-order valence-corrected chi connectivity index (χ3v) is 4.43. The summed E-state index contributed by atoms with van der Waals surface area (Å²) in [5.74, 6) is 0.515. The molecule has 0 heterocycles. The SMILES string of the molecule is COc1ccc(I)cc1C(=O)c1cc(Br)ccc1Br. The molecule has 2 aromatic carbocycles. The van der Waals surface area contributed by atoms with Crippen molar-refractivity contribution in [2.45, 2.75) is 0 Å². The van der Waals surface area contributed by atoms with Crippen LogP contribution < -0.4 is 4.74 Å². The van der Waals surface area contributed by atoms with Gasteiger partial charge in [0.2, 0.25) is 0 Å². The molecule has 0 unspecified atom stereocenters. The Morgan fingerprint density at radius 1 is 1.11 bits per heavy atom. The van der Waals surface area contributed by atoms with E-state index in [-0.39, 0.29) is 5.78 Å². The molecule has 0 radical (unpaired) electrons. The van der Waals surface area contributed by atoms with Gasteiger partial charge in [-0.1, -0.05) is 31.9 Å². The molecule has 2 nitrogen and oxygen atoms in total. The van der Waals surface area contributed by atoms with Crippen LogP contribution in [0.4, 0.5) is 0 Å². The highest BCUT2D eigenvalue weighted by atomic mass is 127. The quantitative estimate of drug-likeness (QED) is 0.440. The molecule has 2 rings (SSSR count). The number of benzene rings is 2. The summed E-state index contributed by atoms with van der Waals surface area (Å²) < 4.78 is 7.89. The first-order valence-corrected chi connectivity index (χ1v) is 8.02. The van der Waals surface area contributed by atoms with Crippen molar-refractivity contribution in [1.29, 1.82) is 0 Å². The zero-order valence-corrected chi connectivity index (χ0v) is 15.2. The van der Waals surface area contributed by atoms with Crippen molar-refractivity contribution in [1.82, 2.24) is 0 Å². The van der Waals surface area contributed by atoms with Crippen LogP contribution in [0.15, 0.2) is 45.3 Å². The third-order valence-electron chi connectivity index (χ3n) is 2.58. The maximum absolute atomic E-state index is 12.6. The van der Waals surface area contributed by atoms with E-state index in [4.69, 9.17) is 4.74 Å². The molecule has 0 atom stereocenters. The van der Waals surface area contributed by atoms with Crippen molar-refractivity contribution >= 4 is 60.2 Å². The van der Waals surface area contributed by atoms with Gasteiger partial charge >= 0.3 is 0 Å². The number of methoxy groups -OCH3 is 1. The van der Waals surface area contributed by atoms with Gasteiger partial charge in [0, 0.05) is 18.1 Å². The van der Waals surface area contributed by atoms with E-state index in [1.807, 2.05) is 24.3 Å². The summed E-state index contributed by atoms with van der Waals surface area (Å²) in [5, 5.41) is 0. The minimum absolute atomic E-state index is 0.0662. The van der Waals surface area contributed by atoms with E-state index >= 15 is 0 Å². The molecule has 0 amide bonds. The molecular weight excluding hydrogens is 487 g/mol. The second kappa shape index (κ2) is 6.37. The molecule has 0 saturated heterocycles. The number of carbonyl (C=O) groups excluding carboxylic acids is 1. The smallest absolute Gasteiger partial charge is 0.197 e. The fourth-order valence-electron chi connectivity index (χ4n) is 1.67. The Balaban J connectivity index is 2.55. The van der Waals surface area contributed by atoms with E-state index in [2.05, 4.69) is 54.5 Å². The molecule has 0 N–H and O–H groups in total. The van der Waals surface area contributed by atoms with E-state index < -0.39 is 0 Å². The highest BCUT2D eigenvalue weighted by molar-refractivity contribution is 14.1. The molecule has 2 aromatic rings. The molecule has 0 bridgehead atoms. The summed E-state index contributed by atoms with van der Waals surface area (Å²) in [6.45, 7) is 0. The van der Waals surface area contributed by atoms with Gasteiger partial charge in [0.05, 0.1) is 12.7 Å². The van der Waals surface area contributed by atoms with Gasteiger partial charge in [-0.2, -0.15) is 0 Å². The van der Waals surface area contributed by atoms with Crippen LogP contribution in [-0.2, 0) is 0 Å². The summed E-state index contributed by atoms with van der Waals surface area (Å²) in [5.41, 5.74) is 1.17. The number of hydrogen-bond donors (Lipinski definition) is 0. The maximum Gasteiger partial charge on any atom is 0.197 e. The van der Waals surface area contributed by atoms with Gasteiger partial charge in [-0.15, -0.1) is 0 Å². The first-order valence-electron chi connectivity index (χ1n) is 5.36. The normalized spacial score (nSPS) is 10.3. The Kier molecular flexibility index (Phi) is 5.03. The average molecular weight is 496 g/mol. The lowest BCUT2D eigenvalue weighted by Crippen LogP contribution is -2.05. The predicted molar refractivity (Wildman–Crippen MR) is 91.0 cm³/mol. The van der Waals surface area contributed by atoms with Crippen LogP contribution in [0.3, 0.4) is 0 Å². The van der Waals surface area contributed by atoms with Crippen LogP contribution >= 0.6 is 54.5 Å². The van der Waals surface area contributed by atoms with Crippen LogP contribution in [-0.4, -0.2) is 12.9 Å². The summed E-state index contributed by atoms with van der Waals surface area (Å²) in [7, 11) is 1.56. The molecule has 0 aliphatic heterocycles. The lowest BCUT2D eigenvalue weighted by atomic mass is 10.0. The maximum atomic E-state index is 12.6. The van der Waals surface area contributed by atoms with Gasteiger partial charge in [-0.25, -0.2) is 0 Å². The Morgan fingerprint density at radius 2 is 1.84 bits per heavy atom. The molecule has 5 heteroatoms. The lowest BCUT2D eigenvalue weighted by Gasteiger charge is -2.09. The summed E-state index contributed by atoms with van der Waals surface area (Å²) in [4.78, 5) is 12.6. The van der Waals surface area contributed by atoms with Crippen molar-refractivity contribution in [3.63, 3.8) is 0 Å². The molecule has 0 fully saturated rings. The first-order chi connectivity index (χ1) is 9.02. The fraction of sp³-hybridized carbons (Fsp3) is 0.0714. The standard InChI is InChI=1S/C14H9Br2IO2/c1-19-13-5-3-9(17)7-11(13)14(18)10-6-8(15)2-4-12(10)16/h2-7H,1H3. The number of ether oxygens (including phenoxy) is 1. The molecular formula is C14H9Br2IO2. The predicted octanol–water partition coefficient (Wildman–Crippen LogP) is 5.06. The van der Waals surface area contributed by atoms with Gasteiger partial charge in [0.15, 0.2) is 5.78 Å². The third kappa shape index (κ3) is 3.38. The van der Waals surface area contributed by atoms with Crippen LogP contribution in [0.1, 0.15) is 15.9 Å². The van der Waals surface area contributed by atoms with E-state index in [1.54, 1.807) is 19.2 Å². The van der Waals surface area contributed by atoms with Crippen LogP contribution in [0.2, 0.25) is 0 Å². The molecule has 0 saturated carbocycles. The van der Waals surface area contributed by atoms with Crippen molar-refractivity contribution in [3.8, 4) is 5.75 Å². The zero-order chi connectivity index (χ0) is 14.0. The molecule has 0 spiro atoms. The topological polar surface area (TPSA) is 26.3 Å². The second-order valence-electron chi connectivity index (χ2n) is 3.80. The summed E-state index contributed by atoms with van der Waals surface area (Å²) in [6.07, 6.45) is 0. The molecule has 0 aliphatic rings. The van der Waals surface area contributed by atoms with E-state index in [0.29, 0.717) is 16.9 Å². The zero-order valence-electron chi connectivity index (χ0n) is 9.91. The number of ketones is 1. The molecule has 0 aliphatic carbocycles. The van der Waals surface area contributed by atoms with Gasteiger partial charge in [0.1, 0.15) is 5.75 Å². The first kappa shape index (κ1) is 15.0. The minimum Gasteiger partial charge on any atom is -0.496 e. The van der Waals surface area contributed by atoms with E-state index in [0.717, 1.165) is 12.5 Å².